The number of rotatable bonds is 2. The lowest BCUT2D eigenvalue weighted by Crippen LogP contribution is -2.27. The van der Waals surface area contributed by atoms with Gasteiger partial charge >= 0.3 is 18.5 Å². The molecule has 0 unspecified atom stereocenters. The van der Waals surface area contributed by atoms with Crippen molar-refractivity contribution in [2.45, 2.75) is 18.5 Å². The lowest BCUT2D eigenvalue weighted by molar-refractivity contribution is -0.143. The summed E-state index contributed by atoms with van der Waals surface area (Å²) in [5.41, 5.74) is -6.75. The molecule has 154 valence electrons. The van der Waals surface area contributed by atoms with Crippen LogP contribution in [-0.2, 0) is 25.6 Å². The molecule has 0 amide bonds. The zero-order valence-electron chi connectivity index (χ0n) is 14.0. The Balaban J connectivity index is 2.81. The van der Waals surface area contributed by atoms with E-state index in [0.29, 0.717) is 18.2 Å². The molecule has 0 aliphatic heterocycles. The third kappa shape index (κ3) is 4.57. The minimum absolute atomic E-state index is 0.177. The zero-order chi connectivity index (χ0) is 21.5. The van der Waals surface area contributed by atoms with Crippen LogP contribution in [0.5, 0.6) is 5.88 Å². The number of hydrogen-bond acceptors (Lipinski definition) is 3. The monoisotopic (exact) mass is 419 g/mol. The summed E-state index contributed by atoms with van der Waals surface area (Å²) < 4.78 is 122. The van der Waals surface area contributed by atoms with Crippen LogP contribution in [-0.4, -0.2) is 16.7 Å². The maximum absolute atomic E-state index is 13.2. The minimum atomic E-state index is -5.25. The van der Waals surface area contributed by atoms with E-state index in [0.717, 1.165) is 18.7 Å². The highest BCUT2D eigenvalue weighted by Crippen LogP contribution is 2.40. The molecule has 0 aliphatic carbocycles. The van der Waals surface area contributed by atoms with E-state index in [1.807, 2.05) is 0 Å². The molecule has 2 aromatic rings. The van der Waals surface area contributed by atoms with E-state index in [-0.39, 0.29) is 6.07 Å². The quantitative estimate of drug-likeness (QED) is 0.662. The highest BCUT2D eigenvalue weighted by Gasteiger charge is 2.38. The van der Waals surface area contributed by atoms with Crippen molar-refractivity contribution in [1.29, 1.82) is 0 Å². The highest BCUT2D eigenvalue weighted by molar-refractivity contribution is 5.50. The molecule has 1 heterocycles. The Kier molecular flexibility index (Phi) is 5.41. The molecule has 2 rings (SSSR count). The summed E-state index contributed by atoms with van der Waals surface area (Å²) in [7, 11) is 2.13. The number of aromatic nitrogens is 2. The van der Waals surface area contributed by atoms with Gasteiger partial charge in [0.05, 0.1) is 23.9 Å². The second-order valence-electron chi connectivity index (χ2n) is 5.38. The predicted octanol–water partition coefficient (Wildman–Crippen LogP) is 4.72. The minimum Gasteiger partial charge on any atom is -0.482 e. The molecular formula is C15H10F9N3O. The Hall–Kier alpha value is -2.73. The third-order valence-electron chi connectivity index (χ3n) is 3.46. The molecule has 0 aliphatic rings. The summed E-state index contributed by atoms with van der Waals surface area (Å²) in [6.07, 6.45) is -15.3. The highest BCUT2D eigenvalue weighted by atomic mass is 19.4. The van der Waals surface area contributed by atoms with Crippen molar-refractivity contribution in [2.75, 3.05) is 7.11 Å². The number of nitrogens with zero attached hydrogens (tertiary/aromatic N) is 3. The fourth-order valence-corrected chi connectivity index (χ4v) is 2.11. The summed E-state index contributed by atoms with van der Waals surface area (Å²) >= 11 is 0. The van der Waals surface area contributed by atoms with Crippen molar-refractivity contribution >= 4 is 5.69 Å². The Morgan fingerprint density at radius 2 is 1.50 bits per heavy atom. The van der Waals surface area contributed by atoms with Crippen LogP contribution in [0, 0.1) is 0 Å². The van der Waals surface area contributed by atoms with E-state index in [9.17, 15) is 39.5 Å². The van der Waals surface area contributed by atoms with Crippen LogP contribution in [0.1, 0.15) is 16.8 Å². The van der Waals surface area contributed by atoms with Crippen molar-refractivity contribution in [3.8, 4) is 5.88 Å². The summed E-state index contributed by atoms with van der Waals surface area (Å²) in [6.45, 7) is 0. The maximum Gasteiger partial charge on any atom is 0.433 e. The Bertz CT molecular complexity index is 940. The number of methoxy groups -OCH3 is 1. The summed E-state index contributed by atoms with van der Waals surface area (Å²) in [4.78, 5) is 6.54. The van der Waals surface area contributed by atoms with E-state index >= 15 is 0 Å². The van der Waals surface area contributed by atoms with Crippen LogP contribution in [0.25, 0.3) is 0 Å². The Morgan fingerprint density at radius 3 is 1.96 bits per heavy atom. The van der Waals surface area contributed by atoms with Crippen molar-refractivity contribution in [3.05, 3.63) is 46.7 Å². The van der Waals surface area contributed by atoms with E-state index in [1.54, 1.807) is 0 Å². The molecule has 4 nitrogen and oxygen atoms in total. The zero-order valence-corrected chi connectivity index (χ0v) is 14.0. The second-order valence-corrected chi connectivity index (χ2v) is 5.38. The number of hydrogen-bond donors (Lipinski definition) is 0. The maximum atomic E-state index is 13.2. The van der Waals surface area contributed by atoms with Crippen LogP contribution < -0.4 is 10.4 Å². The van der Waals surface area contributed by atoms with Gasteiger partial charge in [-0.1, -0.05) is 0 Å². The van der Waals surface area contributed by atoms with Gasteiger partial charge in [-0.05, 0) is 18.2 Å². The molecule has 0 saturated carbocycles. The lowest BCUT2D eigenvalue weighted by atomic mass is 10.1. The molecule has 1 aromatic carbocycles. The SMILES string of the molecule is COc1cc(C(F)(F)F)nc(=Nc2ccc(C(F)(F)F)cc2C(F)(F)F)n1C. The van der Waals surface area contributed by atoms with Gasteiger partial charge in [0.2, 0.25) is 5.62 Å². The molecule has 0 N–H and O–H groups in total. The average molecular weight is 419 g/mol. The van der Waals surface area contributed by atoms with Gasteiger partial charge in [0.1, 0.15) is 0 Å². The first-order chi connectivity index (χ1) is 12.6. The molecule has 0 radical (unpaired) electrons. The normalized spacial score (nSPS) is 13.8. The van der Waals surface area contributed by atoms with Crippen LogP contribution in [0.2, 0.25) is 0 Å². The first-order valence-electron chi connectivity index (χ1n) is 7.17. The number of alkyl halides is 9. The molecule has 13 heteroatoms. The van der Waals surface area contributed by atoms with Gasteiger partial charge in [-0.15, -0.1) is 0 Å². The summed E-state index contributed by atoms with van der Waals surface area (Å²) in [5, 5.41) is 0. The van der Waals surface area contributed by atoms with Gasteiger partial charge < -0.3 is 4.74 Å². The van der Waals surface area contributed by atoms with E-state index in [2.05, 4.69) is 9.98 Å². The van der Waals surface area contributed by atoms with Gasteiger partial charge in [-0.3, -0.25) is 4.57 Å². The van der Waals surface area contributed by atoms with Crippen molar-refractivity contribution in [2.24, 2.45) is 12.0 Å². The first-order valence-corrected chi connectivity index (χ1v) is 7.17. The number of ether oxygens (including phenoxy) is 1. The molecular weight excluding hydrogens is 409 g/mol. The van der Waals surface area contributed by atoms with Crippen molar-refractivity contribution in [3.63, 3.8) is 0 Å². The molecule has 0 saturated heterocycles. The number of halogens is 9. The molecule has 0 spiro atoms. The fraction of sp³-hybridized carbons (Fsp3) is 0.333. The summed E-state index contributed by atoms with van der Waals surface area (Å²) in [6, 6.07) is 1.05. The standard InChI is InChI=1S/C15H10F9N3O/c1-27-11(28-2)6-10(15(22,23)24)26-12(27)25-9-4-3-7(13(16,17)18)5-8(9)14(19,20)21/h3-6H,1-2H3. The molecule has 28 heavy (non-hydrogen) atoms. The fourth-order valence-electron chi connectivity index (χ4n) is 2.11. The average Bonchev–Trinajstić information content (AvgIpc) is 2.54. The lowest BCUT2D eigenvalue weighted by Gasteiger charge is -2.15. The van der Waals surface area contributed by atoms with Gasteiger partial charge in [-0.2, -0.15) is 39.5 Å². The van der Waals surface area contributed by atoms with Gasteiger partial charge in [-0.25, -0.2) is 9.98 Å². The molecule has 0 bridgehead atoms. The predicted molar refractivity (Wildman–Crippen MR) is 76.4 cm³/mol. The second kappa shape index (κ2) is 7.02. The molecule has 0 atom stereocenters. The van der Waals surface area contributed by atoms with E-state index in [1.165, 1.54) is 0 Å². The van der Waals surface area contributed by atoms with Crippen LogP contribution in [0.3, 0.4) is 0 Å². The van der Waals surface area contributed by atoms with E-state index < -0.39 is 52.5 Å². The van der Waals surface area contributed by atoms with Gasteiger partial charge in [0.15, 0.2) is 11.6 Å². The topological polar surface area (TPSA) is 39.4 Å². The Morgan fingerprint density at radius 1 is 0.893 bits per heavy atom. The van der Waals surface area contributed by atoms with Crippen molar-refractivity contribution in [1.82, 2.24) is 9.55 Å². The first kappa shape index (κ1) is 21.6. The van der Waals surface area contributed by atoms with Gasteiger partial charge in [0, 0.05) is 13.1 Å². The van der Waals surface area contributed by atoms with Crippen LogP contribution in [0.4, 0.5) is 45.2 Å². The Labute approximate surface area is 150 Å². The smallest absolute Gasteiger partial charge is 0.433 e. The van der Waals surface area contributed by atoms with Crippen LogP contribution >= 0.6 is 0 Å². The summed E-state index contributed by atoms with van der Waals surface area (Å²) in [5.74, 6) is -0.429. The molecule has 1 aromatic heterocycles. The largest absolute Gasteiger partial charge is 0.482 e. The molecule has 0 fully saturated rings. The van der Waals surface area contributed by atoms with E-state index in [4.69, 9.17) is 4.74 Å². The van der Waals surface area contributed by atoms with Gasteiger partial charge in [0.25, 0.3) is 0 Å². The van der Waals surface area contributed by atoms with Crippen molar-refractivity contribution < 1.29 is 44.3 Å². The van der Waals surface area contributed by atoms with Crippen LogP contribution in [0.15, 0.2) is 29.3 Å². The third-order valence-corrected chi connectivity index (χ3v) is 3.46. The number of benzene rings is 1.